The summed E-state index contributed by atoms with van der Waals surface area (Å²) in [7, 11) is 3.14. The zero-order valence-corrected chi connectivity index (χ0v) is 10.9. The van der Waals surface area contributed by atoms with Crippen molar-refractivity contribution in [2.75, 3.05) is 12.4 Å². The summed E-state index contributed by atoms with van der Waals surface area (Å²) in [5, 5.41) is 6.40. The van der Waals surface area contributed by atoms with Crippen LogP contribution in [0, 0.1) is 5.82 Å². The number of aromatic nitrogens is 3. The number of hydrogen-bond acceptors (Lipinski definition) is 4. The SMILES string of the molecule is COc1cc(NC(=O)c2cc(F)cnc2Cl)nn1C. The lowest BCUT2D eigenvalue weighted by Gasteiger charge is -2.03. The van der Waals surface area contributed by atoms with Crippen LogP contribution in [0.25, 0.3) is 0 Å². The van der Waals surface area contributed by atoms with Crippen LogP contribution < -0.4 is 10.1 Å². The van der Waals surface area contributed by atoms with E-state index in [2.05, 4.69) is 15.4 Å². The molecule has 8 heteroatoms. The highest BCUT2D eigenvalue weighted by Gasteiger charge is 2.15. The fourth-order valence-corrected chi connectivity index (χ4v) is 1.66. The molecule has 2 heterocycles. The normalized spacial score (nSPS) is 10.3. The maximum absolute atomic E-state index is 13.0. The van der Waals surface area contributed by atoms with Crippen LogP contribution >= 0.6 is 11.6 Å². The van der Waals surface area contributed by atoms with Gasteiger partial charge >= 0.3 is 0 Å². The summed E-state index contributed by atoms with van der Waals surface area (Å²) in [6.07, 6.45) is 0.933. The average Bonchev–Trinajstić information content (AvgIpc) is 2.72. The van der Waals surface area contributed by atoms with Crippen molar-refractivity contribution in [1.29, 1.82) is 0 Å². The number of halogens is 2. The lowest BCUT2D eigenvalue weighted by atomic mass is 10.2. The van der Waals surface area contributed by atoms with Gasteiger partial charge in [0.15, 0.2) is 5.82 Å². The minimum atomic E-state index is -0.645. The summed E-state index contributed by atoms with van der Waals surface area (Å²) < 4.78 is 19.5. The van der Waals surface area contributed by atoms with Crippen LogP contribution in [-0.2, 0) is 7.05 Å². The molecule has 0 atom stereocenters. The molecule has 0 aliphatic heterocycles. The van der Waals surface area contributed by atoms with E-state index in [0.717, 1.165) is 12.3 Å². The van der Waals surface area contributed by atoms with Crippen molar-refractivity contribution in [1.82, 2.24) is 14.8 Å². The first kappa shape index (κ1) is 13.3. The molecule has 6 nitrogen and oxygen atoms in total. The number of anilines is 1. The van der Waals surface area contributed by atoms with E-state index in [1.807, 2.05) is 0 Å². The van der Waals surface area contributed by atoms with Crippen LogP contribution in [0.1, 0.15) is 10.4 Å². The molecule has 100 valence electrons. The minimum Gasteiger partial charge on any atom is -0.481 e. The van der Waals surface area contributed by atoms with Crippen LogP contribution in [0.3, 0.4) is 0 Å². The summed E-state index contributed by atoms with van der Waals surface area (Å²) in [5.41, 5.74) is -0.0636. The molecule has 1 N–H and O–H groups in total. The lowest BCUT2D eigenvalue weighted by molar-refractivity contribution is 0.102. The quantitative estimate of drug-likeness (QED) is 0.874. The molecule has 2 aromatic rings. The highest BCUT2D eigenvalue weighted by Crippen LogP contribution is 2.18. The smallest absolute Gasteiger partial charge is 0.260 e. The van der Waals surface area contributed by atoms with Gasteiger partial charge in [0.25, 0.3) is 5.91 Å². The first-order valence-electron chi connectivity index (χ1n) is 5.21. The first-order valence-corrected chi connectivity index (χ1v) is 5.59. The minimum absolute atomic E-state index is 0.0636. The number of nitrogens with zero attached hydrogens (tertiary/aromatic N) is 3. The van der Waals surface area contributed by atoms with Gasteiger partial charge in [-0.3, -0.25) is 4.79 Å². The van der Waals surface area contributed by atoms with Crippen LogP contribution in [0.2, 0.25) is 5.15 Å². The summed E-state index contributed by atoms with van der Waals surface area (Å²) in [4.78, 5) is 15.5. The highest BCUT2D eigenvalue weighted by atomic mass is 35.5. The fourth-order valence-electron chi connectivity index (χ4n) is 1.47. The van der Waals surface area contributed by atoms with Crippen molar-refractivity contribution in [2.45, 2.75) is 0 Å². The van der Waals surface area contributed by atoms with Crippen LogP contribution in [-0.4, -0.2) is 27.8 Å². The van der Waals surface area contributed by atoms with E-state index in [0.29, 0.717) is 5.88 Å². The maximum Gasteiger partial charge on any atom is 0.260 e. The number of nitrogens with one attached hydrogen (secondary N) is 1. The summed E-state index contributed by atoms with van der Waals surface area (Å²) >= 11 is 5.73. The second-order valence-electron chi connectivity index (χ2n) is 3.64. The number of pyridine rings is 1. The number of methoxy groups -OCH3 is 1. The van der Waals surface area contributed by atoms with Crippen molar-refractivity contribution in [2.24, 2.45) is 7.05 Å². The van der Waals surface area contributed by atoms with Gasteiger partial charge in [-0.25, -0.2) is 14.1 Å². The average molecular weight is 285 g/mol. The lowest BCUT2D eigenvalue weighted by Crippen LogP contribution is -2.14. The highest BCUT2D eigenvalue weighted by molar-refractivity contribution is 6.33. The molecule has 2 rings (SSSR count). The molecule has 0 spiro atoms. The monoisotopic (exact) mass is 284 g/mol. The molecule has 0 aromatic carbocycles. The Hall–Kier alpha value is -2.15. The van der Waals surface area contributed by atoms with E-state index < -0.39 is 11.7 Å². The van der Waals surface area contributed by atoms with Crippen molar-refractivity contribution in [3.05, 3.63) is 34.9 Å². The van der Waals surface area contributed by atoms with Gasteiger partial charge in [-0.1, -0.05) is 11.6 Å². The Balaban J connectivity index is 2.22. The van der Waals surface area contributed by atoms with Gasteiger partial charge in [0.2, 0.25) is 5.88 Å². The van der Waals surface area contributed by atoms with Gasteiger partial charge in [-0.05, 0) is 6.07 Å². The molecule has 2 aromatic heterocycles. The molecule has 0 saturated carbocycles. The molecule has 0 radical (unpaired) electrons. The molecule has 0 saturated heterocycles. The summed E-state index contributed by atoms with van der Waals surface area (Å²) in [6, 6.07) is 2.53. The number of ether oxygens (including phenoxy) is 1. The standard InChI is InChI=1S/C11H10ClFN4O2/c1-17-9(19-2)4-8(16-17)15-11(18)7-3-6(13)5-14-10(7)12/h3-5H,1-2H3,(H,15,16,18). The molecule has 1 amide bonds. The van der Waals surface area contributed by atoms with Crippen LogP contribution in [0.4, 0.5) is 10.2 Å². The molecule has 0 bridgehead atoms. The molecule has 0 aliphatic carbocycles. The van der Waals surface area contributed by atoms with E-state index in [-0.39, 0.29) is 16.5 Å². The van der Waals surface area contributed by atoms with E-state index in [1.54, 1.807) is 7.05 Å². The Morgan fingerprint density at radius 1 is 1.53 bits per heavy atom. The second kappa shape index (κ2) is 5.23. The number of aryl methyl sites for hydroxylation is 1. The zero-order valence-electron chi connectivity index (χ0n) is 10.1. The van der Waals surface area contributed by atoms with E-state index >= 15 is 0 Å². The van der Waals surface area contributed by atoms with Crippen molar-refractivity contribution < 1.29 is 13.9 Å². The molecule has 0 unspecified atom stereocenters. The fraction of sp³-hybridized carbons (Fsp3) is 0.182. The Labute approximate surface area is 113 Å². The molecular weight excluding hydrogens is 275 g/mol. The molecule has 0 aliphatic rings. The van der Waals surface area contributed by atoms with E-state index in [4.69, 9.17) is 16.3 Å². The van der Waals surface area contributed by atoms with E-state index in [1.165, 1.54) is 17.9 Å². The molecule has 19 heavy (non-hydrogen) atoms. The molecular formula is C11H10ClFN4O2. The Kier molecular flexibility index (Phi) is 3.66. The number of amides is 1. The number of rotatable bonds is 3. The van der Waals surface area contributed by atoms with Gasteiger partial charge in [-0.15, -0.1) is 0 Å². The van der Waals surface area contributed by atoms with Crippen molar-refractivity contribution in [3.63, 3.8) is 0 Å². The Morgan fingerprint density at radius 2 is 2.26 bits per heavy atom. The van der Waals surface area contributed by atoms with Gasteiger partial charge < -0.3 is 10.1 Å². The number of hydrogen-bond donors (Lipinski definition) is 1. The number of carbonyl (C=O) groups excluding carboxylic acids is 1. The third-order valence-electron chi connectivity index (χ3n) is 2.34. The topological polar surface area (TPSA) is 69.0 Å². The predicted molar refractivity (Wildman–Crippen MR) is 66.9 cm³/mol. The first-order chi connectivity index (χ1) is 9.01. The van der Waals surface area contributed by atoms with E-state index in [9.17, 15) is 9.18 Å². The third-order valence-corrected chi connectivity index (χ3v) is 2.64. The van der Waals surface area contributed by atoms with Gasteiger partial charge in [0.1, 0.15) is 11.0 Å². The maximum atomic E-state index is 13.0. The third kappa shape index (κ3) is 2.82. The van der Waals surface area contributed by atoms with Gasteiger partial charge in [-0.2, -0.15) is 5.10 Å². The Bertz CT molecular complexity index is 629. The second-order valence-corrected chi connectivity index (χ2v) is 4.00. The van der Waals surface area contributed by atoms with Crippen molar-refractivity contribution in [3.8, 4) is 5.88 Å². The summed E-state index contributed by atoms with van der Waals surface area (Å²) in [6.45, 7) is 0. The van der Waals surface area contributed by atoms with Crippen molar-refractivity contribution >= 4 is 23.3 Å². The van der Waals surface area contributed by atoms with Gasteiger partial charge in [0.05, 0.1) is 18.9 Å². The Morgan fingerprint density at radius 3 is 2.89 bits per heavy atom. The summed E-state index contributed by atoms with van der Waals surface area (Å²) in [5.74, 6) is -0.505. The van der Waals surface area contributed by atoms with Crippen LogP contribution in [0.5, 0.6) is 5.88 Å². The van der Waals surface area contributed by atoms with Crippen LogP contribution in [0.15, 0.2) is 18.3 Å². The number of carbonyl (C=O) groups is 1. The predicted octanol–water partition coefficient (Wildman–Crippen LogP) is 1.87. The molecule has 0 fully saturated rings. The van der Waals surface area contributed by atoms with Gasteiger partial charge in [0, 0.05) is 13.1 Å². The largest absolute Gasteiger partial charge is 0.481 e. The zero-order chi connectivity index (χ0) is 14.0.